The summed E-state index contributed by atoms with van der Waals surface area (Å²) in [4.78, 5) is 9.45. The van der Waals surface area contributed by atoms with Crippen LogP contribution < -0.4 is 9.47 Å². The third-order valence-electron chi connectivity index (χ3n) is 8.20. The van der Waals surface area contributed by atoms with Crippen LogP contribution in [0.15, 0.2) is 133 Å². The minimum absolute atomic E-state index is 0.179. The summed E-state index contributed by atoms with van der Waals surface area (Å²) in [5, 5.41) is 0. The number of hydrogen-bond acceptors (Lipinski definition) is 4. The molecule has 6 rings (SSSR count). The number of nitrogens with zero attached hydrogens (tertiary/aromatic N) is 2. The van der Waals surface area contributed by atoms with E-state index in [9.17, 15) is 0 Å². The Morgan fingerprint density at radius 1 is 0.556 bits per heavy atom. The van der Waals surface area contributed by atoms with Crippen LogP contribution in [-0.2, 0) is 18.3 Å². The molecule has 0 unspecified atom stereocenters. The van der Waals surface area contributed by atoms with Crippen molar-refractivity contribution in [1.82, 2.24) is 9.97 Å². The maximum atomic E-state index is 6.20. The van der Waals surface area contributed by atoms with Crippen LogP contribution in [0.4, 0.5) is 0 Å². The summed E-state index contributed by atoms with van der Waals surface area (Å²) < 4.78 is 12.3. The van der Waals surface area contributed by atoms with E-state index in [1.165, 1.54) is 22.3 Å². The minimum atomic E-state index is -0.179. The molecule has 0 bridgehead atoms. The molecule has 224 valence electrons. The summed E-state index contributed by atoms with van der Waals surface area (Å²) in [7, 11) is 0. The summed E-state index contributed by atoms with van der Waals surface area (Å²) >= 11 is 0. The molecule has 0 saturated carbocycles. The van der Waals surface area contributed by atoms with Gasteiger partial charge in [-0.1, -0.05) is 99.6 Å². The normalized spacial score (nSPS) is 11.3. The number of rotatable bonds is 10. The molecule has 0 atom stereocenters. The van der Waals surface area contributed by atoms with Crippen molar-refractivity contribution in [3.63, 3.8) is 0 Å². The fourth-order valence-corrected chi connectivity index (χ4v) is 5.44. The van der Waals surface area contributed by atoms with Gasteiger partial charge in [-0.2, -0.15) is 0 Å². The van der Waals surface area contributed by atoms with Crippen molar-refractivity contribution in [2.45, 2.75) is 46.0 Å². The topological polar surface area (TPSA) is 44.2 Å². The van der Waals surface area contributed by atoms with E-state index < -0.39 is 0 Å². The lowest BCUT2D eigenvalue weighted by molar-refractivity contribution is 0.481. The monoisotopic (exact) mass is 590 g/mol. The van der Waals surface area contributed by atoms with Crippen LogP contribution in [0.25, 0.3) is 11.4 Å². The lowest BCUT2D eigenvalue weighted by atomic mass is 9.78. The second-order valence-corrected chi connectivity index (χ2v) is 11.9. The Morgan fingerprint density at radius 2 is 1.02 bits per heavy atom. The highest BCUT2D eigenvalue weighted by Crippen LogP contribution is 2.35. The van der Waals surface area contributed by atoms with Gasteiger partial charge >= 0.3 is 0 Å². The van der Waals surface area contributed by atoms with E-state index in [4.69, 9.17) is 14.5 Å². The van der Waals surface area contributed by atoms with Crippen LogP contribution in [0.3, 0.4) is 0 Å². The van der Waals surface area contributed by atoms with Gasteiger partial charge in [-0.3, -0.25) is 0 Å². The van der Waals surface area contributed by atoms with Crippen molar-refractivity contribution in [2.75, 3.05) is 0 Å². The molecular weight excluding hydrogens is 552 g/mol. The standard InChI is InChI=1S/C41H38N2O2/c1-5-30-11-19-36(20-12-30)44-38-23-15-33(16-24-38)41(3,4)34-17-25-39(26-18-34)45-37-21-13-31(14-22-37)28-35-27-29(2)42-40(43-35)32-9-7-6-8-10-32/h6-27H,5,28H2,1-4H3. The maximum Gasteiger partial charge on any atom is 0.159 e. The van der Waals surface area contributed by atoms with Crippen LogP contribution in [-0.4, -0.2) is 9.97 Å². The third kappa shape index (κ3) is 7.30. The van der Waals surface area contributed by atoms with Gasteiger partial charge in [-0.05, 0) is 90.2 Å². The molecule has 0 fully saturated rings. The predicted molar refractivity (Wildman–Crippen MR) is 182 cm³/mol. The van der Waals surface area contributed by atoms with Gasteiger partial charge in [0.25, 0.3) is 0 Å². The Bertz CT molecular complexity index is 1840. The van der Waals surface area contributed by atoms with Gasteiger partial charge in [-0.15, -0.1) is 0 Å². The van der Waals surface area contributed by atoms with Gasteiger partial charge < -0.3 is 9.47 Å². The van der Waals surface area contributed by atoms with Crippen molar-refractivity contribution in [1.29, 1.82) is 0 Å². The summed E-state index contributed by atoms with van der Waals surface area (Å²) in [5.74, 6) is 4.05. The third-order valence-corrected chi connectivity index (χ3v) is 8.20. The van der Waals surface area contributed by atoms with Crippen LogP contribution in [0.5, 0.6) is 23.0 Å². The summed E-state index contributed by atoms with van der Waals surface area (Å²) in [6.07, 6.45) is 1.75. The fourth-order valence-electron chi connectivity index (χ4n) is 5.44. The Labute approximate surface area is 266 Å². The molecule has 0 N–H and O–H groups in total. The molecule has 0 radical (unpaired) electrons. The van der Waals surface area contributed by atoms with Gasteiger partial charge in [-0.25, -0.2) is 9.97 Å². The minimum Gasteiger partial charge on any atom is -0.457 e. The molecule has 4 nitrogen and oxygen atoms in total. The largest absolute Gasteiger partial charge is 0.457 e. The SMILES string of the molecule is CCc1ccc(Oc2ccc(C(C)(C)c3ccc(Oc4ccc(Cc5cc(C)nc(-c6ccccc6)n5)cc4)cc3)cc2)cc1. The van der Waals surface area contributed by atoms with Crippen molar-refractivity contribution >= 4 is 0 Å². The van der Waals surface area contributed by atoms with Crippen LogP contribution >= 0.6 is 0 Å². The highest BCUT2D eigenvalue weighted by atomic mass is 16.5. The average molecular weight is 591 g/mol. The van der Waals surface area contributed by atoms with Crippen LogP contribution in [0.2, 0.25) is 0 Å². The number of aryl methyl sites for hydroxylation is 2. The Balaban J connectivity index is 1.08. The van der Waals surface area contributed by atoms with Gasteiger partial charge in [0.2, 0.25) is 0 Å². The van der Waals surface area contributed by atoms with E-state index in [0.717, 1.165) is 58.6 Å². The maximum absolute atomic E-state index is 6.20. The number of hydrogen-bond donors (Lipinski definition) is 0. The first kappa shape index (κ1) is 29.8. The van der Waals surface area contributed by atoms with Crippen molar-refractivity contribution in [3.8, 4) is 34.4 Å². The second-order valence-electron chi connectivity index (χ2n) is 11.9. The molecule has 0 aliphatic rings. The quantitative estimate of drug-likeness (QED) is 0.159. The molecule has 5 aromatic carbocycles. The lowest BCUT2D eigenvalue weighted by Gasteiger charge is -2.26. The summed E-state index contributed by atoms with van der Waals surface area (Å²) in [6, 6.07) is 45.4. The molecule has 1 heterocycles. The zero-order valence-corrected chi connectivity index (χ0v) is 26.3. The van der Waals surface area contributed by atoms with Crippen molar-refractivity contribution in [2.24, 2.45) is 0 Å². The first-order chi connectivity index (χ1) is 21.9. The molecule has 6 aromatic rings. The number of aromatic nitrogens is 2. The molecule has 0 spiro atoms. The molecule has 1 aromatic heterocycles. The average Bonchev–Trinajstić information content (AvgIpc) is 3.07. The Hall–Kier alpha value is -5.22. The summed E-state index contributed by atoms with van der Waals surface area (Å²) in [6.45, 7) is 8.65. The molecule has 45 heavy (non-hydrogen) atoms. The zero-order chi connectivity index (χ0) is 31.2. The van der Waals surface area contributed by atoms with Crippen molar-refractivity contribution in [3.05, 3.63) is 167 Å². The molecular formula is C41H38N2O2. The van der Waals surface area contributed by atoms with Crippen LogP contribution in [0.1, 0.15) is 54.4 Å². The van der Waals surface area contributed by atoms with Crippen molar-refractivity contribution < 1.29 is 9.47 Å². The molecule has 0 amide bonds. The summed E-state index contributed by atoms with van der Waals surface area (Å²) in [5.41, 5.74) is 7.71. The zero-order valence-electron chi connectivity index (χ0n) is 26.3. The number of ether oxygens (including phenoxy) is 2. The predicted octanol–water partition coefficient (Wildman–Crippen LogP) is 10.5. The van der Waals surface area contributed by atoms with Crippen LogP contribution in [0, 0.1) is 6.92 Å². The van der Waals surface area contributed by atoms with E-state index in [1.807, 2.05) is 85.8 Å². The first-order valence-electron chi connectivity index (χ1n) is 15.5. The van der Waals surface area contributed by atoms with E-state index in [2.05, 4.69) is 80.4 Å². The Morgan fingerprint density at radius 3 is 1.51 bits per heavy atom. The Kier molecular flexibility index (Phi) is 8.74. The molecule has 4 heteroatoms. The van der Waals surface area contributed by atoms with Gasteiger partial charge in [0.15, 0.2) is 5.82 Å². The molecule has 0 aliphatic heterocycles. The first-order valence-corrected chi connectivity index (χ1v) is 15.5. The fraction of sp³-hybridized carbons (Fsp3) is 0.171. The molecule has 0 saturated heterocycles. The van der Waals surface area contributed by atoms with E-state index in [0.29, 0.717) is 0 Å². The molecule has 0 aliphatic carbocycles. The van der Waals surface area contributed by atoms with E-state index in [-0.39, 0.29) is 5.41 Å². The second kappa shape index (κ2) is 13.2. The lowest BCUT2D eigenvalue weighted by Crippen LogP contribution is -2.18. The highest BCUT2D eigenvalue weighted by molar-refractivity contribution is 5.55. The highest BCUT2D eigenvalue weighted by Gasteiger charge is 2.23. The van der Waals surface area contributed by atoms with E-state index in [1.54, 1.807) is 0 Å². The van der Waals surface area contributed by atoms with Gasteiger partial charge in [0.1, 0.15) is 23.0 Å². The van der Waals surface area contributed by atoms with Gasteiger partial charge in [0.05, 0.1) is 0 Å². The number of benzene rings is 5. The smallest absolute Gasteiger partial charge is 0.159 e. The van der Waals surface area contributed by atoms with E-state index >= 15 is 0 Å². The van der Waals surface area contributed by atoms with Gasteiger partial charge in [0, 0.05) is 28.8 Å².